The monoisotopic (exact) mass is 180 g/mol. The Labute approximate surface area is 70.9 Å². The first-order valence-electron chi connectivity index (χ1n) is 3.93. The van der Waals surface area contributed by atoms with E-state index in [1.165, 1.54) is 6.92 Å². The lowest BCUT2D eigenvalue weighted by atomic mass is 10.2. The summed E-state index contributed by atoms with van der Waals surface area (Å²) in [4.78, 5) is 10.2. The number of ether oxygens (including phenoxy) is 1. The van der Waals surface area contributed by atoms with E-state index in [0.29, 0.717) is 12.8 Å². The largest absolute Gasteiger partial charge is 0.466 e. The number of carbonyl (C=O) groups excluding carboxylic acids is 1. The van der Waals surface area contributed by atoms with Crippen molar-refractivity contribution in [2.45, 2.75) is 39.0 Å². The Bertz CT molecular complexity index is 140. The molecule has 0 saturated heterocycles. The van der Waals surface area contributed by atoms with Crippen LogP contribution in [0.15, 0.2) is 0 Å². The quantitative estimate of drug-likeness (QED) is 0.479. The summed E-state index contributed by atoms with van der Waals surface area (Å²) in [6, 6.07) is 0. The van der Waals surface area contributed by atoms with Crippen LogP contribution in [0.3, 0.4) is 0 Å². The highest BCUT2D eigenvalue weighted by molar-refractivity contribution is 5.65. The fourth-order valence-corrected chi connectivity index (χ4v) is 0.753. The van der Waals surface area contributed by atoms with Crippen LogP contribution in [-0.2, 0) is 9.53 Å². The summed E-state index contributed by atoms with van der Waals surface area (Å²) in [5.41, 5.74) is 0. The van der Waals surface area contributed by atoms with Crippen molar-refractivity contribution < 1.29 is 18.3 Å². The second-order valence-electron chi connectivity index (χ2n) is 2.87. The Kier molecular flexibility index (Phi) is 4.78. The molecule has 12 heavy (non-hydrogen) atoms. The van der Waals surface area contributed by atoms with Crippen molar-refractivity contribution in [3.05, 3.63) is 0 Å². The average Bonchev–Trinajstić information content (AvgIpc) is 1.83. The van der Waals surface area contributed by atoms with Crippen molar-refractivity contribution in [1.29, 1.82) is 0 Å². The molecule has 0 aromatic heterocycles. The smallest absolute Gasteiger partial charge is 0.302 e. The van der Waals surface area contributed by atoms with Gasteiger partial charge in [0.15, 0.2) is 0 Å². The molecule has 0 rings (SSSR count). The molecule has 0 unspecified atom stereocenters. The van der Waals surface area contributed by atoms with E-state index in [2.05, 4.69) is 4.74 Å². The second kappa shape index (κ2) is 5.06. The van der Waals surface area contributed by atoms with Gasteiger partial charge in [-0.25, -0.2) is 8.78 Å². The van der Waals surface area contributed by atoms with Gasteiger partial charge in [-0.1, -0.05) is 0 Å². The average molecular weight is 180 g/mol. The Morgan fingerprint density at radius 1 is 1.42 bits per heavy atom. The molecule has 0 atom stereocenters. The van der Waals surface area contributed by atoms with Crippen molar-refractivity contribution in [2.24, 2.45) is 0 Å². The van der Waals surface area contributed by atoms with Crippen LogP contribution in [0.25, 0.3) is 0 Å². The van der Waals surface area contributed by atoms with E-state index < -0.39 is 5.92 Å². The molecule has 0 spiro atoms. The van der Waals surface area contributed by atoms with Gasteiger partial charge in [0.25, 0.3) is 0 Å². The molecule has 0 N–H and O–H groups in total. The maximum absolute atomic E-state index is 12.2. The molecule has 0 aliphatic carbocycles. The number of unbranched alkanes of at least 4 members (excludes halogenated alkanes) is 1. The highest BCUT2D eigenvalue weighted by Crippen LogP contribution is 2.19. The normalized spacial score (nSPS) is 11.3. The minimum atomic E-state index is -2.60. The molecule has 0 heterocycles. The van der Waals surface area contributed by atoms with Gasteiger partial charge in [0.2, 0.25) is 5.92 Å². The van der Waals surface area contributed by atoms with E-state index >= 15 is 0 Å². The summed E-state index contributed by atoms with van der Waals surface area (Å²) in [6.45, 7) is 2.43. The van der Waals surface area contributed by atoms with Crippen molar-refractivity contribution in [3.63, 3.8) is 0 Å². The van der Waals surface area contributed by atoms with Gasteiger partial charge in [0, 0.05) is 13.3 Å². The number of hydrogen-bond donors (Lipinski definition) is 0. The molecule has 0 aromatic rings. The molecular formula is C8H14F2O2. The van der Waals surface area contributed by atoms with Crippen LogP contribution in [0.5, 0.6) is 0 Å². The number of esters is 1. The lowest BCUT2D eigenvalue weighted by Crippen LogP contribution is -2.09. The van der Waals surface area contributed by atoms with E-state index in [0.717, 1.165) is 6.92 Å². The van der Waals surface area contributed by atoms with Gasteiger partial charge in [0.1, 0.15) is 0 Å². The van der Waals surface area contributed by atoms with Crippen LogP contribution < -0.4 is 0 Å². The van der Waals surface area contributed by atoms with Gasteiger partial charge >= 0.3 is 5.97 Å². The first-order valence-corrected chi connectivity index (χ1v) is 3.93. The van der Waals surface area contributed by atoms with E-state index in [-0.39, 0.29) is 19.0 Å². The van der Waals surface area contributed by atoms with E-state index in [1.807, 2.05) is 0 Å². The van der Waals surface area contributed by atoms with Crippen molar-refractivity contribution >= 4 is 5.97 Å². The molecule has 0 amide bonds. The first kappa shape index (κ1) is 11.3. The number of carbonyl (C=O) groups is 1. The molecular weight excluding hydrogens is 166 g/mol. The third kappa shape index (κ3) is 9.33. The van der Waals surface area contributed by atoms with E-state index in [1.54, 1.807) is 0 Å². The lowest BCUT2D eigenvalue weighted by molar-refractivity contribution is -0.141. The van der Waals surface area contributed by atoms with Crippen LogP contribution in [-0.4, -0.2) is 18.5 Å². The van der Waals surface area contributed by atoms with E-state index in [4.69, 9.17) is 0 Å². The Balaban J connectivity index is 3.17. The lowest BCUT2D eigenvalue weighted by Gasteiger charge is -2.08. The van der Waals surface area contributed by atoms with Crippen LogP contribution in [0.1, 0.15) is 33.1 Å². The molecule has 0 bridgehead atoms. The molecule has 4 heteroatoms. The van der Waals surface area contributed by atoms with Gasteiger partial charge < -0.3 is 4.74 Å². The second-order valence-corrected chi connectivity index (χ2v) is 2.87. The van der Waals surface area contributed by atoms with Crippen LogP contribution in [0, 0.1) is 0 Å². The summed E-state index contributed by atoms with van der Waals surface area (Å²) < 4.78 is 29.0. The van der Waals surface area contributed by atoms with Gasteiger partial charge in [-0.2, -0.15) is 0 Å². The SMILES string of the molecule is CC(=O)OCCCCC(C)(F)F. The standard InChI is InChI=1S/C8H14F2O2/c1-7(11)12-6-4-3-5-8(2,9)10/h3-6H2,1-2H3. The summed E-state index contributed by atoms with van der Waals surface area (Å²) in [7, 11) is 0. The van der Waals surface area contributed by atoms with Crippen molar-refractivity contribution in [2.75, 3.05) is 6.61 Å². The van der Waals surface area contributed by atoms with Crippen molar-refractivity contribution in [1.82, 2.24) is 0 Å². The highest BCUT2D eigenvalue weighted by Gasteiger charge is 2.19. The minimum Gasteiger partial charge on any atom is -0.466 e. The zero-order valence-corrected chi connectivity index (χ0v) is 7.40. The zero-order valence-electron chi connectivity index (χ0n) is 7.40. The van der Waals surface area contributed by atoms with Crippen LogP contribution in [0.4, 0.5) is 8.78 Å². The summed E-state index contributed by atoms with van der Waals surface area (Å²) in [5.74, 6) is -2.96. The Morgan fingerprint density at radius 3 is 2.42 bits per heavy atom. The van der Waals surface area contributed by atoms with E-state index in [9.17, 15) is 13.6 Å². The summed E-state index contributed by atoms with van der Waals surface area (Å²) in [6.07, 6.45) is 0.744. The Morgan fingerprint density at radius 2 is 2.00 bits per heavy atom. The van der Waals surface area contributed by atoms with Crippen LogP contribution >= 0.6 is 0 Å². The molecule has 0 radical (unpaired) electrons. The predicted molar refractivity (Wildman–Crippen MR) is 41.1 cm³/mol. The molecule has 0 fully saturated rings. The number of hydrogen-bond acceptors (Lipinski definition) is 2. The molecule has 0 aliphatic heterocycles. The third-order valence-corrected chi connectivity index (χ3v) is 1.32. The number of alkyl halides is 2. The first-order chi connectivity index (χ1) is 5.42. The summed E-state index contributed by atoms with van der Waals surface area (Å²) >= 11 is 0. The Hall–Kier alpha value is -0.670. The predicted octanol–water partition coefficient (Wildman–Crippen LogP) is 2.38. The maximum Gasteiger partial charge on any atom is 0.302 e. The van der Waals surface area contributed by atoms with Gasteiger partial charge in [-0.3, -0.25) is 4.79 Å². The molecule has 0 saturated carbocycles. The third-order valence-electron chi connectivity index (χ3n) is 1.32. The fourth-order valence-electron chi connectivity index (χ4n) is 0.753. The maximum atomic E-state index is 12.2. The topological polar surface area (TPSA) is 26.3 Å². The number of halogens is 2. The van der Waals surface area contributed by atoms with Crippen molar-refractivity contribution in [3.8, 4) is 0 Å². The van der Waals surface area contributed by atoms with Gasteiger partial charge in [0.05, 0.1) is 6.61 Å². The fraction of sp³-hybridized carbons (Fsp3) is 0.875. The van der Waals surface area contributed by atoms with Gasteiger partial charge in [-0.05, 0) is 19.8 Å². The van der Waals surface area contributed by atoms with Gasteiger partial charge in [-0.15, -0.1) is 0 Å². The van der Waals surface area contributed by atoms with Crippen LogP contribution in [0.2, 0.25) is 0 Å². The minimum absolute atomic E-state index is 0.145. The molecule has 0 aliphatic rings. The number of rotatable bonds is 5. The summed E-state index contributed by atoms with van der Waals surface area (Å²) in [5, 5.41) is 0. The molecule has 2 nitrogen and oxygen atoms in total. The molecule has 72 valence electrons. The zero-order chi connectivity index (χ0) is 9.61. The molecule has 0 aromatic carbocycles. The highest BCUT2D eigenvalue weighted by atomic mass is 19.3.